The van der Waals surface area contributed by atoms with E-state index in [-0.39, 0.29) is 18.9 Å². The van der Waals surface area contributed by atoms with E-state index in [1.807, 2.05) is 6.08 Å². The van der Waals surface area contributed by atoms with Crippen LogP contribution in [0.5, 0.6) is 0 Å². The van der Waals surface area contributed by atoms with Gasteiger partial charge in [0.05, 0.1) is 32.0 Å². The number of amides is 1. The minimum absolute atomic E-state index is 0.241. The second-order valence-electron chi connectivity index (χ2n) is 27.8. The van der Waals surface area contributed by atoms with E-state index in [1.54, 1.807) is 6.08 Å². The third-order valence-electron chi connectivity index (χ3n) is 19.3. The largest absolute Gasteiger partial charge is 0.394 e. The monoisotopic (exact) mass is 1310 g/mol. The Balaban J connectivity index is 1.59. The highest BCUT2D eigenvalue weighted by Gasteiger charge is 2.51. The molecule has 1 amide bonds. The Kier molecular flexibility index (Phi) is 58.8. The summed E-state index contributed by atoms with van der Waals surface area (Å²) in [5.74, 6) is -0.241. The molecule has 92 heavy (non-hydrogen) atoms. The van der Waals surface area contributed by atoms with Crippen LogP contribution in [0.25, 0.3) is 0 Å². The van der Waals surface area contributed by atoms with Gasteiger partial charge in [0, 0.05) is 6.42 Å². The van der Waals surface area contributed by atoms with Gasteiger partial charge in [0.1, 0.15) is 48.8 Å². The average molecular weight is 1310 g/mol. The summed E-state index contributed by atoms with van der Waals surface area (Å²) < 4.78 is 22.9. The van der Waals surface area contributed by atoms with Gasteiger partial charge in [-0.3, -0.25) is 4.79 Å². The molecule has 12 unspecified atom stereocenters. The van der Waals surface area contributed by atoms with Crippen molar-refractivity contribution in [3.8, 4) is 0 Å². The van der Waals surface area contributed by atoms with Crippen LogP contribution in [0, 0.1) is 0 Å². The van der Waals surface area contributed by atoms with E-state index in [0.717, 1.165) is 32.1 Å². The van der Waals surface area contributed by atoms with Gasteiger partial charge < -0.3 is 65.1 Å². The number of ether oxygens (including phenoxy) is 4. The summed E-state index contributed by atoms with van der Waals surface area (Å²) in [7, 11) is 0. The molecule has 2 saturated heterocycles. The number of allylic oxidation sites excluding steroid dienone is 5. The molecule has 0 aromatic rings. The van der Waals surface area contributed by atoms with Crippen molar-refractivity contribution in [1.82, 2.24) is 5.32 Å². The van der Waals surface area contributed by atoms with Crippen molar-refractivity contribution in [3.05, 3.63) is 36.5 Å². The zero-order valence-corrected chi connectivity index (χ0v) is 59.3. The standard InChI is InChI=1S/C78H147NO13/c1-3-5-7-9-11-13-15-17-19-21-23-25-26-27-28-29-30-31-32-33-34-35-36-37-38-39-40-42-44-46-48-50-52-54-56-58-60-62-70(83)79-66(67(82)61-59-57-55-53-51-49-47-45-43-41-24-22-20-18-16-14-12-10-8-6-4-2)65-89-77-75(88)73(86)76(69(64-81)91-77)92-78-74(87)72(85)71(84)68(63-80)90-78/h21,23,51,53,59,61,66-69,71-78,80-82,84-88H,3-20,22,24-50,52,54-58,60,62-65H2,1-2H3,(H,79,83)/b23-21-,53-51+,61-59+. The van der Waals surface area contributed by atoms with Gasteiger partial charge in [-0.25, -0.2) is 0 Å². The number of carbonyl (C=O) groups is 1. The van der Waals surface area contributed by atoms with E-state index in [4.69, 9.17) is 18.9 Å². The van der Waals surface area contributed by atoms with Gasteiger partial charge in [0.25, 0.3) is 0 Å². The van der Waals surface area contributed by atoms with Crippen molar-refractivity contribution in [2.24, 2.45) is 0 Å². The van der Waals surface area contributed by atoms with E-state index in [1.165, 1.54) is 295 Å². The Morgan fingerprint density at radius 2 is 0.696 bits per heavy atom. The van der Waals surface area contributed by atoms with Gasteiger partial charge in [-0.05, 0) is 57.8 Å². The van der Waals surface area contributed by atoms with Crippen LogP contribution in [-0.4, -0.2) is 140 Å². The maximum Gasteiger partial charge on any atom is 0.220 e. The maximum absolute atomic E-state index is 13.4. The van der Waals surface area contributed by atoms with Gasteiger partial charge in [0.15, 0.2) is 12.6 Å². The molecule has 2 fully saturated rings. The van der Waals surface area contributed by atoms with E-state index in [9.17, 15) is 45.6 Å². The van der Waals surface area contributed by atoms with Crippen LogP contribution in [-0.2, 0) is 23.7 Å². The smallest absolute Gasteiger partial charge is 0.220 e. The fraction of sp³-hybridized carbons (Fsp3) is 0.910. The lowest BCUT2D eigenvalue weighted by atomic mass is 9.97. The van der Waals surface area contributed by atoms with E-state index >= 15 is 0 Å². The molecule has 12 atom stereocenters. The van der Waals surface area contributed by atoms with Gasteiger partial charge >= 0.3 is 0 Å². The molecule has 0 aromatic carbocycles. The van der Waals surface area contributed by atoms with Crippen LogP contribution in [0.15, 0.2) is 36.5 Å². The van der Waals surface area contributed by atoms with Crippen molar-refractivity contribution in [1.29, 1.82) is 0 Å². The molecule has 2 rings (SSSR count). The fourth-order valence-corrected chi connectivity index (χ4v) is 13.1. The van der Waals surface area contributed by atoms with E-state index < -0.39 is 86.8 Å². The molecule has 542 valence electrons. The highest BCUT2D eigenvalue weighted by molar-refractivity contribution is 5.76. The molecule has 0 spiro atoms. The maximum atomic E-state index is 13.4. The van der Waals surface area contributed by atoms with Crippen LogP contribution >= 0.6 is 0 Å². The molecule has 0 saturated carbocycles. The summed E-state index contributed by atoms with van der Waals surface area (Å²) in [6.45, 7) is 2.84. The lowest BCUT2D eigenvalue weighted by Crippen LogP contribution is -2.65. The van der Waals surface area contributed by atoms with E-state index in [2.05, 4.69) is 43.5 Å². The summed E-state index contributed by atoms with van der Waals surface area (Å²) in [6, 6.07) is -0.931. The van der Waals surface area contributed by atoms with Gasteiger partial charge in [0.2, 0.25) is 5.91 Å². The molecule has 9 N–H and O–H groups in total. The Morgan fingerprint density at radius 3 is 1.07 bits per heavy atom. The number of hydrogen-bond acceptors (Lipinski definition) is 13. The van der Waals surface area contributed by atoms with Gasteiger partial charge in [-0.2, -0.15) is 0 Å². The Hall–Kier alpha value is -1.79. The first-order valence-corrected chi connectivity index (χ1v) is 39.2. The number of aliphatic hydroxyl groups is 8. The van der Waals surface area contributed by atoms with Crippen LogP contribution in [0.1, 0.15) is 361 Å². The molecule has 0 aromatic heterocycles. The van der Waals surface area contributed by atoms with Gasteiger partial charge in [-0.15, -0.1) is 0 Å². The summed E-state index contributed by atoms with van der Waals surface area (Å²) in [6.07, 6.45) is 65.2. The lowest BCUT2D eigenvalue weighted by Gasteiger charge is -2.46. The Labute approximate surface area is 563 Å². The molecule has 0 aliphatic carbocycles. The van der Waals surface area contributed by atoms with Crippen molar-refractivity contribution >= 4 is 5.91 Å². The van der Waals surface area contributed by atoms with E-state index in [0.29, 0.717) is 12.8 Å². The highest BCUT2D eigenvalue weighted by atomic mass is 16.7. The topological polar surface area (TPSA) is 228 Å². The molecule has 2 heterocycles. The SMILES string of the molecule is CCCCCCCCCC/C=C\CCCCCCCCCCCCCCCCCCCCCCCCCCCC(=O)NC(COC1OC(CO)C(OC2OC(CO)C(O)C(O)C2O)C(O)C1O)C(O)/C=C/CC/C=C/CCCCCCCCCCCCCCCCC. The van der Waals surface area contributed by atoms with Crippen molar-refractivity contribution < 1.29 is 64.6 Å². The molecule has 0 radical (unpaired) electrons. The number of nitrogens with one attached hydrogen (secondary N) is 1. The molecule has 0 bridgehead atoms. The molecular weight excluding hydrogens is 1160 g/mol. The first kappa shape index (κ1) is 86.3. The number of carbonyl (C=O) groups excluding carboxylic acids is 1. The quantitative estimate of drug-likeness (QED) is 0.0204. The number of hydrogen-bond donors (Lipinski definition) is 9. The third kappa shape index (κ3) is 45.7. The predicted molar refractivity (Wildman–Crippen MR) is 378 cm³/mol. The highest BCUT2D eigenvalue weighted by Crippen LogP contribution is 2.30. The van der Waals surface area contributed by atoms with Crippen LogP contribution < -0.4 is 5.32 Å². The molecule has 2 aliphatic rings. The first-order valence-electron chi connectivity index (χ1n) is 39.2. The zero-order chi connectivity index (χ0) is 66.6. The predicted octanol–water partition coefficient (Wildman–Crippen LogP) is 17.2. The number of aliphatic hydroxyl groups excluding tert-OH is 8. The van der Waals surface area contributed by atoms with Crippen molar-refractivity contribution in [2.75, 3.05) is 19.8 Å². The molecule has 2 aliphatic heterocycles. The zero-order valence-electron chi connectivity index (χ0n) is 59.3. The van der Waals surface area contributed by atoms with Crippen molar-refractivity contribution in [3.63, 3.8) is 0 Å². The van der Waals surface area contributed by atoms with Crippen molar-refractivity contribution in [2.45, 2.75) is 434 Å². The molecular formula is C78H147NO13. The summed E-state index contributed by atoms with van der Waals surface area (Å²) in [5, 5.41) is 87.5. The van der Waals surface area contributed by atoms with Crippen LogP contribution in [0.3, 0.4) is 0 Å². The number of rotatable bonds is 66. The third-order valence-corrected chi connectivity index (χ3v) is 19.3. The second kappa shape index (κ2) is 62.7. The van der Waals surface area contributed by atoms with Gasteiger partial charge in [-0.1, -0.05) is 333 Å². The molecule has 14 nitrogen and oxygen atoms in total. The first-order chi connectivity index (χ1) is 45.1. The lowest BCUT2D eigenvalue weighted by molar-refractivity contribution is -0.359. The Morgan fingerprint density at radius 1 is 0.380 bits per heavy atom. The second-order valence-corrected chi connectivity index (χ2v) is 27.8. The van der Waals surface area contributed by atoms with Crippen LogP contribution in [0.2, 0.25) is 0 Å². The summed E-state index contributed by atoms with van der Waals surface area (Å²) in [5.41, 5.74) is 0. The minimum Gasteiger partial charge on any atom is -0.394 e. The number of unbranched alkanes of at least 4 members (excludes halogenated alkanes) is 49. The van der Waals surface area contributed by atoms with Crippen LogP contribution in [0.4, 0.5) is 0 Å². The Bertz CT molecular complexity index is 1680. The normalized spacial score (nSPS) is 22.8. The minimum atomic E-state index is -1.79. The fourth-order valence-electron chi connectivity index (χ4n) is 13.1. The summed E-state index contributed by atoms with van der Waals surface area (Å²) >= 11 is 0. The molecule has 14 heteroatoms. The summed E-state index contributed by atoms with van der Waals surface area (Å²) in [4.78, 5) is 13.4. The average Bonchev–Trinajstić information content (AvgIpc) is 0.915.